The summed E-state index contributed by atoms with van der Waals surface area (Å²) in [4.78, 5) is 1.84. The number of hydrogen-bond donors (Lipinski definition) is 1. The van der Waals surface area contributed by atoms with E-state index in [1.54, 1.807) is 0 Å². The monoisotopic (exact) mass is 260 g/mol. The first-order valence-corrected chi connectivity index (χ1v) is 6.02. The predicted molar refractivity (Wildman–Crippen MR) is 65.3 cm³/mol. The van der Waals surface area contributed by atoms with Crippen LogP contribution in [0.4, 0.5) is 14.5 Å². The van der Waals surface area contributed by atoms with Gasteiger partial charge in [-0.15, -0.1) is 0 Å². The summed E-state index contributed by atoms with van der Waals surface area (Å²) in [5.41, 5.74) is 6.19. The summed E-state index contributed by atoms with van der Waals surface area (Å²) in [5.74, 6) is -1.00. The van der Waals surface area contributed by atoms with Crippen LogP contribution in [0.25, 0.3) is 0 Å². The summed E-state index contributed by atoms with van der Waals surface area (Å²) in [6.45, 7) is 3.31. The van der Waals surface area contributed by atoms with Gasteiger partial charge in [0.1, 0.15) is 5.82 Å². The first-order chi connectivity index (χ1) is 7.99. The normalized spacial score (nSPS) is 25.1. The van der Waals surface area contributed by atoms with Gasteiger partial charge in [0.25, 0.3) is 0 Å². The van der Waals surface area contributed by atoms with E-state index in [2.05, 4.69) is 0 Å². The first-order valence-electron chi connectivity index (χ1n) is 5.64. The molecule has 2 unspecified atom stereocenters. The maximum atomic E-state index is 13.7. The van der Waals surface area contributed by atoms with Crippen molar-refractivity contribution in [2.45, 2.75) is 19.4 Å². The van der Waals surface area contributed by atoms with Crippen molar-refractivity contribution < 1.29 is 8.78 Å². The molecule has 94 valence electrons. The van der Waals surface area contributed by atoms with Crippen molar-refractivity contribution in [2.75, 3.05) is 18.0 Å². The lowest BCUT2D eigenvalue weighted by atomic mass is 9.94. The number of nitrogens with zero attached hydrogens (tertiary/aromatic N) is 1. The lowest BCUT2D eigenvalue weighted by Crippen LogP contribution is -2.46. The Labute approximate surface area is 104 Å². The van der Waals surface area contributed by atoms with Crippen molar-refractivity contribution in [3.63, 3.8) is 0 Å². The summed E-state index contributed by atoms with van der Waals surface area (Å²) in [6, 6.07) is 2.13. The Bertz CT molecular complexity index is 402. The van der Waals surface area contributed by atoms with Crippen LogP contribution in [-0.4, -0.2) is 19.1 Å². The molecule has 2 nitrogen and oxygen atoms in total. The van der Waals surface area contributed by atoms with Crippen LogP contribution in [0.3, 0.4) is 0 Å². The van der Waals surface area contributed by atoms with Gasteiger partial charge in [-0.2, -0.15) is 0 Å². The molecule has 0 aliphatic carbocycles. The number of anilines is 1. The Kier molecular flexibility index (Phi) is 3.54. The predicted octanol–water partition coefficient (Wildman–Crippen LogP) is 2.79. The van der Waals surface area contributed by atoms with Gasteiger partial charge in [0.05, 0.1) is 10.7 Å². The summed E-state index contributed by atoms with van der Waals surface area (Å²) in [6.07, 6.45) is 0.786. The molecule has 0 aromatic heterocycles. The summed E-state index contributed by atoms with van der Waals surface area (Å²) in [7, 11) is 0. The van der Waals surface area contributed by atoms with E-state index in [-0.39, 0.29) is 22.7 Å². The van der Waals surface area contributed by atoms with Gasteiger partial charge in [0.15, 0.2) is 5.82 Å². The summed E-state index contributed by atoms with van der Waals surface area (Å²) >= 11 is 5.90. The summed E-state index contributed by atoms with van der Waals surface area (Å²) in [5, 5.41) is 0.116. The van der Waals surface area contributed by atoms with Gasteiger partial charge in [0, 0.05) is 25.2 Å². The molecule has 1 aliphatic rings. The standard InChI is InChI=1S/C12H15ClF2N2/c1-7-6-17(3-2-11(7)16)12-9(13)4-8(14)5-10(12)15/h4-5,7,11H,2-3,6,16H2,1H3. The Morgan fingerprint density at radius 2 is 2.12 bits per heavy atom. The zero-order chi connectivity index (χ0) is 12.6. The van der Waals surface area contributed by atoms with Crippen molar-refractivity contribution in [2.24, 2.45) is 11.7 Å². The van der Waals surface area contributed by atoms with Crippen molar-refractivity contribution in [1.29, 1.82) is 0 Å². The van der Waals surface area contributed by atoms with Gasteiger partial charge in [-0.05, 0) is 18.4 Å². The highest BCUT2D eigenvalue weighted by Gasteiger charge is 2.26. The van der Waals surface area contributed by atoms with Crippen molar-refractivity contribution in [1.82, 2.24) is 0 Å². The highest BCUT2D eigenvalue weighted by Crippen LogP contribution is 2.32. The molecule has 1 fully saturated rings. The van der Waals surface area contributed by atoms with Gasteiger partial charge < -0.3 is 10.6 Å². The minimum atomic E-state index is -0.655. The molecule has 1 heterocycles. The van der Waals surface area contributed by atoms with Gasteiger partial charge in [0.2, 0.25) is 0 Å². The van der Waals surface area contributed by atoms with Gasteiger partial charge in [-0.3, -0.25) is 0 Å². The third kappa shape index (κ3) is 2.53. The lowest BCUT2D eigenvalue weighted by Gasteiger charge is -2.37. The number of nitrogens with two attached hydrogens (primary N) is 1. The molecule has 1 aromatic carbocycles. The van der Waals surface area contributed by atoms with E-state index in [4.69, 9.17) is 17.3 Å². The zero-order valence-electron chi connectivity index (χ0n) is 9.59. The minimum absolute atomic E-state index is 0.116. The Balaban J connectivity index is 2.29. The first kappa shape index (κ1) is 12.6. The molecule has 2 N–H and O–H groups in total. The third-order valence-electron chi connectivity index (χ3n) is 3.27. The second-order valence-electron chi connectivity index (χ2n) is 4.59. The Morgan fingerprint density at radius 1 is 1.41 bits per heavy atom. The maximum Gasteiger partial charge on any atom is 0.150 e. The molecule has 2 rings (SSSR count). The molecule has 0 radical (unpaired) electrons. The topological polar surface area (TPSA) is 29.3 Å². The molecule has 0 bridgehead atoms. The number of hydrogen-bond acceptors (Lipinski definition) is 2. The molecular formula is C12H15ClF2N2. The average molecular weight is 261 g/mol. The summed E-state index contributed by atoms with van der Waals surface area (Å²) < 4.78 is 26.7. The smallest absolute Gasteiger partial charge is 0.150 e. The van der Waals surface area contributed by atoms with Crippen LogP contribution < -0.4 is 10.6 Å². The molecule has 1 saturated heterocycles. The fraction of sp³-hybridized carbons (Fsp3) is 0.500. The molecule has 1 aromatic rings. The molecule has 0 amide bonds. The second-order valence-corrected chi connectivity index (χ2v) is 5.00. The van der Waals surface area contributed by atoms with Crippen LogP contribution in [0.1, 0.15) is 13.3 Å². The molecule has 2 atom stereocenters. The highest BCUT2D eigenvalue weighted by atomic mass is 35.5. The van der Waals surface area contributed by atoms with Crippen LogP contribution >= 0.6 is 11.6 Å². The van der Waals surface area contributed by atoms with Gasteiger partial charge >= 0.3 is 0 Å². The van der Waals surface area contributed by atoms with E-state index in [0.29, 0.717) is 13.1 Å². The molecule has 1 aliphatic heterocycles. The molecule has 17 heavy (non-hydrogen) atoms. The van der Waals surface area contributed by atoms with Crippen LogP contribution in [0.15, 0.2) is 12.1 Å². The number of piperidine rings is 1. The fourth-order valence-electron chi connectivity index (χ4n) is 2.20. The van der Waals surface area contributed by atoms with Gasteiger partial charge in [-0.1, -0.05) is 18.5 Å². The van der Waals surface area contributed by atoms with E-state index in [1.165, 1.54) is 0 Å². The van der Waals surface area contributed by atoms with E-state index in [9.17, 15) is 8.78 Å². The molecular weight excluding hydrogens is 246 g/mol. The van der Waals surface area contributed by atoms with Crippen LogP contribution in [0.5, 0.6) is 0 Å². The average Bonchev–Trinajstić information content (AvgIpc) is 2.21. The van der Waals surface area contributed by atoms with E-state index < -0.39 is 11.6 Å². The van der Waals surface area contributed by atoms with Crippen LogP contribution in [-0.2, 0) is 0 Å². The van der Waals surface area contributed by atoms with Crippen molar-refractivity contribution >= 4 is 17.3 Å². The van der Waals surface area contributed by atoms with Crippen molar-refractivity contribution in [3.8, 4) is 0 Å². The van der Waals surface area contributed by atoms with E-state index in [0.717, 1.165) is 18.6 Å². The molecule has 0 saturated carbocycles. The van der Waals surface area contributed by atoms with Crippen LogP contribution in [0, 0.1) is 17.6 Å². The van der Waals surface area contributed by atoms with E-state index >= 15 is 0 Å². The zero-order valence-corrected chi connectivity index (χ0v) is 10.3. The quantitative estimate of drug-likeness (QED) is 0.841. The second kappa shape index (κ2) is 4.78. The highest BCUT2D eigenvalue weighted by molar-refractivity contribution is 6.33. The molecule has 0 spiro atoms. The molecule has 5 heteroatoms. The number of rotatable bonds is 1. The van der Waals surface area contributed by atoms with Gasteiger partial charge in [-0.25, -0.2) is 8.78 Å². The Morgan fingerprint density at radius 3 is 2.71 bits per heavy atom. The lowest BCUT2D eigenvalue weighted by molar-refractivity contribution is 0.380. The number of benzene rings is 1. The van der Waals surface area contributed by atoms with Crippen LogP contribution in [0.2, 0.25) is 5.02 Å². The fourth-order valence-corrected chi connectivity index (χ4v) is 2.52. The number of halogens is 3. The SMILES string of the molecule is CC1CN(c2c(F)cc(F)cc2Cl)CCC1N. The van der Waals surface area contributed by atoms with Crippen molar-refractivity contribution in [3.05, 3.63) is 28.8 Å². The minimum Gasteiger partial charge on any atom is -0.368 e. The van der Waals surface area contributed by atoms with E-state index in [1.807, 2.05) is 11.8 Å². The third-order valence-corrected chi connectivity index (χ3v) is 3.56. The Hall–Kier alpha value is -0.870. The largest absolute Gasteiger partial charge is 0.368 e. The maximum absolute atomic E-state index is 13.7.